The lowest BCUT2D eigenvalue weighted by Crippen LogP contribution is -2.39. The van der Waals surface area contributed by atoms with Crippen LogP contribution in [0.2, 0.25) is 0 Å². The lowest BCUT2D eigenvalue weighted by Gasteiger charge is -2.24. The molecule has 1 aromatic carbocycles. The smallest absolute Gasteiger partial charge is 0.0208 e. The van der Waals surface area contributed by atoms with Gasteiger partial charge in [-0.3, -0.25) is 0 Å². The monoisotopic (exact) mass is 246 g/mol. The van der Waals surface area contributed by atoms with Gasteiger partial charge in [-0.1, -0.05) is 37.1 Å². The van der Waals surface area contributed by atoms with Gasteiger partial charge in [0.1, 0.15) is 0 Å². The molecule has 1 aliphatic heterocycles. The van der Waals surface area contributed by atoms with E-state index in [4.69, 9.17) is 5.73 Å². The van der Waals surface area contributed by atoms with Gasteiger partial charge >= 0.3 is 0 Å². The molecule has 0 saturated carbocycles. The van der Waals surface area contributed by atoms with Gasteiger partial charge in [-0.15, -0.1) is 0 Å². The first-order chi connectivity index (χ1) is 8.75. The van der Waals surface area contributed by atoms with Crippen LogP contribution in [0.5, 0.6) is 0 Å². The summed E-state index contributed by atoms with van der Waals surface area (Å²) in [6.07, 6.45) is 6.48. The van der Waals surface area contributed by atoms with Crippen LogP contribution in [-0.4, -0.2) is 30.6 Å². The Morgan fingerprint density at radius 1 is 1.11 bits per heavy atom. The average Bonchev–Trinajstić information content (AvgIpc) is 2.61. The van der Waals surface area contributed by atoms with Crippen molar-refractivity contribution in [2.75, 3.05) is 19.6 Å². The number of hydrogen-bond acceptors (Lipinski definition) is 2. The predicted octanol–water partition coefficient (Wildman–Crippen LogP) is 2.74. The fraction of sp³-hybridized carbons (Fsp3) is 0.625. The van der Waals surface area contributed by atoms with Gasteiger partial charge < -0.3 is 10.6 Å². The lowest BCUT2D eigenvalue weighted by atomic mass is 10.0. The molecule has 0 bridgehead atoms. The van der Waals surface area contributed by atoms with Gasteiger partial charge in [0.05, 0.1) is 0 Å². The Morgan fingerprint density at radius 2 is 1.78 bits per heavy atom. The number of benzene rings is 1. The molecule has 2 rings (SSSR count). The minimum atomic E-state index is 0.268. The maximum atomic E-state index is 6.31. The van der Waals surface area contributed by atoms with Gasteiger partial charge in [-0.05, 0) is 50.4 Å². The molecule has 1 atom stereocenters. The van der Waals surface area contributed by atoms with Gasteiger partial charge in [0.25, 0.3) is 0 Å². The summed E-state index contributed by atoms with van der Waals surface area (Å²) in [5, 5.41) is 0. The lowest BCUT2D eigenvalue weighted by molar-refractivity contribution is 0.266. The zero-order chi connectivity index (χ0) is 12.8. The quantitative estimate of drug-likeness (QED) is 0.885. The van der Waals surface area contributed by atoms with E-state index in [1.54, 1.807) is 0 Å². The zero-order valence-electron chi connectivity index (χ0n) is 11.6. The summed E-state index contributed by atoms with van der Waals surface area (Å²) >= 11 is 0. The van der Waals surface area contributed by atoms with E-state index in [-0.39, 0.29) is 6.04 Å². The molecule has 1 aromatic rings. The highest BCUT2D eigenvalue weighted by molar-refractivity contribution is 5.26. The fourth-order valence-electron chi connectivity index (χ4n) is 2.84. The maximum absolute atomic E-state index is 6.31. The van der Waals surface area contributed by atoms with Gasteiger partial charge in [0.15, 0.2) is 0 Å². The molecule has 1 saturated heterocycles. The largest absolute Gasteiger partial charge is 0.326 e. The van der Waals surface area contributed by atoms with E-state index in [0.29, 0.717) is 0 Å². The number of hydrogen-bond donors (Lipinski definition) is 1. The highest BCUT2D eigenvalue weighted by Crippen LogP contribution is 2.12. The van der Waals surface area contributed by atoms with E-state index < -0.39 is 0 Å². The number of nitrogens with zero attached hydrogens (tertiary/aromatic N) is 1. The first-order valence-electron chi connectivity index (χ1n) is 7.28. The molecular weight excluding hydrogens is 220 g/mol. The van der Waals surface area contributed by atoms with Crippen molar-refractivity contribution < 1.29 is 0 Å². The Morgan fingerprint density at radius 3 is 2.44 bits per heavy atom. The third-order valence-electron chi connectivity index (χ3n) is 3.93. The van der Waals surface area contributed by atoms with Crippen LogP contribution in [0.25, 0.3) is 0 Å². The van der Waals surface area contributed by atoms with Gasteiger partial charge in [-0.2, -0.15) is 0 Å². The Hall–Kier alpha value is -0.860. The first kappa shape index (κ1) is 13.6. The second-order valence-electron chi connectivity index (χ2n) is 5.61. The predicted molar refractivity (Wildman–Crippen MR) is 77.8 cm³/mol. The molecule has 0 amide bonds. The van der Waals surface area contributed by atoms with E-state index in [1.807, 2.05) is 0 Å². The molecule has 2 N–H and O–H groups in total. The van der Waals surface area contributed by atoms with Crippen molar-refractivity contribution >= 4 is 0 Å². The van der Waals surface area contributed by atoms with Crippen molar-refractivity contribution in [1.82, 2.24) is 4.90 Å². The normalized spacial score (nSPS) is 19.4. The molecule has 1 aliphatic rings. The molecule has 0 aliphatic carbocycles. The summed E-state index contributed by atoms with van der Waals surface area (Å²) in [6.45, 7) is 5.70. The van der Waals surface area contributed by atoms with Crippen LogP contribution in [-0.2, 0) is 6.42 Å². The molecule has 2 heteroatoms. The highest BCUT2D eigenvalue weighted by atomic mass is 15.1. The van der Waals surface area contributed by atoms with Crippen molar-refractivity contribution in [2.24, 2.45) is 5.73 Å². The molecule has 1 heterocycles. The first-order valence-corrected chi connectivity index (χ1v) is 7.28. The Kier molecular flexibility index (Phi) is 5.21. The van der Waals surface area contributed by atoms with E-state index >= 15 is 0 Å². The van der Waals surface area contributed by atoms with Crippen LogP contribution in [0, 0.1) is 6.92 Å². The summed E-state index contributed by atoms with van der Waals surface area (Å²) in [5.74, 6) is 0. The molecule has 0 radical (unpaired) electrons. The van der Waals surface area contributed by atoms with Crippen molar-refractivity contribution in [2.45, 2.75) is 45.1 Å². The van der Waals surface area contributed by atoms with Gasteiger partial charge in [-0.25, -0.2) is 0 Å². The molecule has 100 valence electrons. The second kappa shape index (κ2) is 6.91. The van der Waals surface area contributed by atoms with Crippen LogP contribution < -0.4 is 5.73 Å². The van der Waals surface area contributed by atoms with Crippen LogP contribution in [0.15, 0.2) is 24.3 Å². The third-order valence-corrected chi connectivity index (χ3v) is 3.93. The number of rotatable bonds is 4. The summed E-state index contributed by atoms with van der Waals surface area (Å²) in [7, 11) is 0. The SMILES string of the molecule is Cc1ccccc1CC(N)CN1CCCCCC1. The second-order valence-corrected chi connectivity index (χ2v) is 5.61. The fourth-order valence-corrected chi connectivity index (χ4v) is 2.84. The molecule has 1 unspecified atom stereocenters. The zero-order valence-corrected chi connectivity index (χ0v) is 11.6. The number of nitrogens with two attached hydrogens (primary N) is 1. The van der Waals surface area contributed by atoms with Crippen molar-refractivity contribution in [1.29, 1.82) is 0 Å². The number of likely N-dealkylation sites (tertiary alicyclic amines) is 1. The van der Waals surface area contributed by atoms with Crippen LogP contribution in [0.3, 0.4) is 0 Å². The van der Waals surface area contributed by atoms with Crippen LogP contribution >= 0.6 is 0 Å². The summed E-state index contributed by atoms with van der Waals surface area (Å²) in [6, 6.07) is 8.86. The van der Waals surface area contributed by atoms with E-state index in [2.05, 4.69) is 36.1 Å². The standard InChI is InChI=1S/C16H26N2/c1-14-8-4-5-9-15(14)12-16(17)13-18-10-6-2-3-7-11-18/h4-5,8-9,16H,2-3,6-7,10-13,17H2,1H3. The average molecular weight is 246 g/mol. The van der Waals surface area contributed by atoms with E-state index in [0.717, 1.165) is 13.0 Å². The summed E-state index contributed by atoms with van der Waals surface area (Å²) in [5.41, 5.74) is 9.08. The minimum Gasteiger partial charge on any atom is -0.326 e. The maximum Gasteiger partial charge on any atom is 0.0208 e. The Labute approximate surface area is 111 Å². The topological polar surface area (TPSA) is 29.3 Å². The summed E-state index contributed by atoms with van der Waals surface area (Å²) < 4.78 is 0. The molecule has 2 nitrogen and oxygen atoms in total. The van der Waals surface area contributed by atoms with Crippen molar-refractivity contribution in [3.63, 3.8) is 0 Å². The Balaban J connectivity index is 1.84. The van der Waals surface area contributed by atoms with Crippen LogP contribution in [0.1, 0.15) is 36.8 Å². The highest BCUT2D eigenvalue weighted by Gasteiger charge is 2.13. The molecular formula is C16H26N2. The van der Waals surface area contributed by atoms with Crippen molar-refractivity contribution in [3.05, 3.63) is 35.4 Å². The molecule has 0 aromatic heterocycles. The Bertz CT molecular complexity index is 354. The van der Waals surface area contributed by atoms with E-state index in [9.17, 15) is 0 Å². The van der Waals surface area contributed by atoms with Crippen LogP contribution in [0.4, 0.5) is 0 Å². The molecule has 0 spiro atoms. The van der Waals surface area contributed by atoms with Gasteiger partial charge in [0.2, 0.25) is 0 Å². The van der Waals surface area contributed by atoms with Crippen molar-refractivity contribution in [3.8, 4) is 0 Å². The summed E-state index contributed by atoms with van der Waals surface area (Å²) in [4.78, 5) is 2.55. The van der Waals surface area contributed by atoms with E-state index in [1.165, 1.54) is 49.9 Å². The van der Waals surface area contributed by atoms with Gasteiger partial charge in [0, 0.05) is 12.6 Å². The minimum absolute atomic E-state index is 0.268. The third kappa shape index (κ3) is 4.11. The number of aryl methyl sites for hydroxylation is 1. The molecule has 1 fully saturated rings. The molecule has 18 heavy (non-hydrogen) atoms.